The predicted molar refractivity (Wildman–Crippen MR) is 109 cm³/mol. The number of hydrogen-bond donors (Lipinski definition) is 4. The Kier molecular flexibility index (Phi) is 6.94. The number of carbonyl (C=O) groups excluding carboxylic acids is 2. The summed E-state index contributed by atoms with van der Waals surface area (Å²) in [4.78, 5) is 36.9. The van der Waals surface area contributed by atoms with E-state index in [4.69, 9.17) is 15.8 Å². The summed E-state index contributed by atoms with van der Waals surface area (Å²) in [5.74, 6) is 1.64. The molecular formula is C20H18F3N5O5. The van der Waals surface area contributed by atoms with Crippen molar-refractivity contribution in [2.24, 2.45) is 11.8 Å². The van der Waals surface area contributed by atoms with E-state index in [9.17, 15) is 22.8 Å². The molecular weight excluding hydrogens is 447 g/mol. The van der Waals surface area contributed by atoms with Crippen molar-refractivity contribution in [3.05, 3.63) is 54.2 Å². The van der Waals surface area contributed by atoms with Crippen LogP contribution in [0.2, 0.25) is 0 Å². The van der Waals surface area contributed by atoms with Crippen LogP contribution in [0.5, 0.6) is 0 Å². The fraction of sp³-hybridized carbons (Fsp3) is 0.200. The largest absolute Gasteiger partial charge is 0.490 e. The first-order valence-corrected chi connectivity index (χ1v) is 9.41. The van der Waals surface area contributed by atoms with Crippen molar-refractivity contribution in [1.29, 1.82) is 0 Å². The molecule has 33 heavy (non-hydrogen) atoms. The van der Waals surface area contributed by atoms with Gasteiger partial charge in [-0.3, -0.25) is 4.79 Å². The van der Waals surface area contributed by atoms with E-state index in [1.165, 1.54) is 0 Å². The molecule has 10 nitrogen and oxygen atoms in total. The number of nitrogens with one attached hydrogen (secondary N) is 2. The van der Waals surface area contributed by atoms with Gasteiger partial charge in [0.25, 0.3) is 0 Å². The van der Waals surface area contributed by atoms with Gasteiger partial charge in [-0.15, -0.1) is 0 Å². The SMILES string of the molecule is NOC(=O)c1cccc2cn(-c3ccc(NC(=O)C4CNC4)cc3)nc12.O=C(O)C(F)(F)F. The quantitative estimate of drug-likeness (QED) is 0.427. The topological polar surface area (TPSA) is 149 Å². The first-order valence-electron chi connectivity index (χ1n) is 9.41. The van der Waals surface area contributed by atoms with Gasteiger partial charge in [-0.25, -0.2) is 14.3 Å². The Balaban J connectivity index is 0.000000383. The Morgan fingerprint density at radius 1 is 1.15 bits per heavy atom. The maximum atomic E-state index is 12.0. The Morgan fingerprint density at radius 3 is 2.30 bits per heavy atom. The summed E-state index contributed by atoms with van der Waals surface area (Å²) in [6, 6.07) is 12.6. The molecule has 0 radical (unpaired) electrons. The van der Waals surface area contributed by atoms with E-state index in [0.717, 1.165) is 29.9 Å². The molecule has 1 aliphatic heterocycles. The number of rotatable bonds is 4. The third-order valence-electron chi connectivity index (χ3n) is 4.66. The number of carbonyl (C=O) groups is 3. The number of alkyl halides is 3. The first kappa shape index (κ1) is 23.7. The van der Waals surface area contributed by atoms with Crippen LogP contribution in [0.4, 0.5) is 18.9 Å². The van der Waals surface area contributed by atoms with Crippen LogP contribution in [0.15, 0.2) is 48.7 Å². The van der Waals surface area contributed by atoms with Gasteiger partial charge in [-0.1, -0.05) is 12.1 Å². The van der Waals surface area contributed by atoms with E-state index in [2.05, 4.69) is 20.6 Å². The summed E-state index contributed by atoms with van der Waals surface area (Å²) in [6.07, 6.45) is -3.27. The fourth-order valence-electron chi connectivity index (χ4n) is 2.82. The number of amides is 1. The van der Waals surface area contributed by atoms with E-state index in [0.29, 0.717) is 11.1 Å². The van der Waals surface area contributed by atoms with Gasteiger partial charge in [-0.2, -0.15) is 24.2 Å². The third kappa shape index (κ3) is 5.64. The Morgan fingerprint density at radius 2 is 1.79 bits per heavy atom. The zero-order valence-electron chi connectivity index (χ0n) is 16.8. The molecule has 0 aliphatic carbocycles. The summed E-state index contributed by atoms with van der Waals surface area (Å²) in [6.45, 7) is 1.44. The van der Waals surface area contributed by atoms with E-state index in [1.807, 2.05) is 36.5 Å². The van der Waals surface area contributed by atoms with Crippen LogP contribution in [-0.4, -0.2) is 52.0 Å². The average molecular weight is 465 g/mol. The number of nitrogens with zero attached hydrogens (tertiary/aromatic N) is 2. The molecule has 1 saturated heterocycles. The predicted octanol–water partition coefficient (Wildman–Crippen LogP) is 1.85. The Hall–Kier alpha value is -3.97. The molecule has 4 rings (SSSR count). The molecule has 1 amide bonds. The van der Waals surface area contributed by atoms with Gasteiger partial charge >= 0.3 is 18.1 Å². The van der Waals surface area contributed by atoms with E-state index >= 15 is 0 Å². The van der Waals surface area contributed by atoms with Gasteiger partial charge in [0, 0.05) is 30.4 Å². The highest BCUT2D eigenvalue weighted by Crippen LogP contribution is 2.21. The van der Waals surface area contributed by atoms with E-state index < -0.39 is 18.1 Å². The second-order valence-electron chi connectivity index (χ2n) is 6.92. The molecule has 5 N–H and O–H groups in total. The number of fused-ring (bicyclic) bond motifs is 1. The van der Waals surface area contributed by atoms with Crippen molar-refractivity contribution in [3.63, 3.8) is 0 Å². The fourth-order valence-corrected chi connectivity index (χ4v) is 2.82. The van der Waals surface area contributed by atoms with Gasteiger partial charge in [0.1, 0.15) is 5.52 Å². The summed E-state index contributed by atoms with van der Waals surface area (Å²) >= 11 is 0. The number of carboxylic acids is 1. The van der Waals surface area contributed by atoms with Crippen molar-refractivity contribution >= 4 is 34.4 Å². The molecule has 174 valence electrons. The van der Waals surface area contributed by atoms with Crippen LogP contribution < -0.4 is 16.5 Å². The highest BCUT2D eigenvalue weighted by atomic mass is 19.4. The number of hydrogen-bond acceptors (Lipinski definition) is 7. The van der Waals surface area contributed by atoms with Gasteiger partial charge in [0.15, 0.2) is 0 Å². The summed E-state index contributed by atoms with van der Waals surface area (Å²) < 4.78 is 33.4. The number of nitrogens with two attached hydrogens (primary N) is 1. The molecule has 1 aliphatic rings. The number of carboxylic acid groups (broad SMARTS) is 1. The maximum Gasteiger partial charge on any atom is 0.490 e. The smallest absolute Gasteiger partial charge is 0.475 e. The Bertz CT molecular complexity index is 1170. The van der Waals surface area contributed by atoms with Gasteiger partial charge < -0.3 is 20.6 Å². The highest BCUT2D eigenvalue weighted by molar-refractivity contribution is 6.02. The normalized spacial score (nSPS) is 13.5. The van der Waals surface area contributed by atoms with Crippen LogP contribution in [-0.2, 0) is 14.4 Å². The number of benzene rings is 2. The van der Waals surface area contributed by atoms with Crippen molar-refractivity contribution in [3.8, 4) is 5.69 Å². The maximum absolute atomic E-state index is 12.0. The summed E-state index contributed by atoms with van der Waals surface area (Å²) in [5, 5.41) is 18.3. The lowest BCUT2D eigenvalue weighted by molar-refractivity contribution is -0.192. The van der Waals surface area contributed by atoms with Crippen LogP contribution in [0.25, 0.3) is 16.6 Å². The Labute approximate surface area is 184 Å². The standard InChI is InChI=1S/C18H17N5O3.C2HF3O2/c19-26-18(25)15-3-1-2-11-10-23(22-16(11)15)14-6-4-13(5-7-14)21-17(24)12-8-20-9-12;3-2(4,5)1(6)7/h1-7,10,12,20H,8-9,19H2,(H,21,24);(H,6,7). The third-order valence-corrected chi connectivity index (χ3v) is 4.66. The molecule has 0 saturated carbocycles. The monoisotopic (exact) mass is 465 g/mol. The molecule has 3 aromatic rings. The number of halogens is 3. The summed E-state index contributed by atoms with van der Waals surface area (Å²) in [7, 11) is 0. The molecule has 0 atom stereocenters. The average Bonchev–Trinajstić information content (AvgIpc) is 3.16. The molecule has 2 heterocycles. The second kappa shape index (κ2) is 9.67. The molecule has 0 bridgehead atoms. The number of aliphatic carboxylic acids is 1. The van der Waals surface area contributed by atoms with Gasteiger partial charge in [0.05, 0.1) is 17.2 Å². The van der Waals surface area contributed by atoms with Crippen molar-refractivity contribution in [1.82, 2.24) is 15.1 Å². The van der Waals surface area contributed by atoms with Gasteiger partial charge in [0.2, 0.25) is 5.91 Å². The molecule has 2 aromatic carbocycles. The van der Waals surface area contributed by atoms with Gasteiger partial charge in [-0.05, 0) is 30.3 Å². The number of aromatic nitrogens is 2. The zero-order chi connectivity index (χ0) is 24.2. The molecule has 1 aromatic heterocycles. The minimum absolute atomic E-state index is 0.0197. The van der Waals surface area contributed by atoms with Crippen molar-refractivity contribution < 1.29 is 37.5 Å². The van der Waals surface area contributed by atoms with Crippen molar-refractivity contribution in [2.45, 2.75) is 6.18 Å². The lowest BCUT2D eigenvalue weighted by atomic mass is 10.0. The lowest BCUT2D eigenvalue weighted by Gasteiger charge is -2.25. The highest BCUT2D eigenvalue weighted by Gasteiger charge is 2.38. The van der Waals surface area contributed by atoms with E-state index in [-0.39, 0.29) is 11.8 Å². The minimum atomic E-state index is -5.08. The van der Waals surface area contributed by atoms with Crippen LogP contribution >= 0.6 is 0 Å². The first-order chi connectivity index (χ1) is 15.6. The second-order valence-corrected chi connectivity index (χ2v) is 6.92. The molecule has 1 fully saturated rings. The van der Waals surface area contributed by atoms with Crippen molar-refractivity contribution in [2.75, 3.05) is 18.4 Å². The van der Waals surface area contributed by atoms with Crippen LogP contribution in [0, 0.1) is 5.92 Å². The van der Waals surface area contributed by atoms with E-state index in [1.54, 1.807) is 16.8 Å². The molecule has 13 heteroatoms. The van der Waals surface area contributed by atoms with Crippen LogP contribution in [0.3, 0.4) is 0 Å². The molecule has 0 unspecified atom stereocenters. The lowest BCUT2D eigenvalue weighted by Crippen LogP contribution is -2.48. The summed E-state index contributed by atoms with van der Waals surface area (Å²) in [5.41, 5.74) is 2.35. The molecule has 0 spiro atoms. The number of anilines is 1. The van der Waals surface area contributed by atoms with Crippen LogP contribution in [0.1, 0.15) is 10.4 Å². The zero-order valence-corrected chi connectivity index (χ0v) is 16.8. The minimum Gasteiger partial charge on any atom is -0.475 e.